The number of thiocarbonyl (C=S) groups is 1. The molecule has 1 N–H and O–H groups in total. The van der Waals surface area contributed by atoms with Crippen molar-refractivity contribution in [2.75, 3.05) is 11.5 Å². The number of hydrogen-bond donors (Lipinski definition) is 1. The fourth-order valence-corrected chi connectivity index (χ4v) is 2.83. The molecule has 2 aromatic rings. The summed E-state index contributed by atoms with van der Waals surface area (Å²) >= 11 is 11.2. The molecule has 0 radical (unpaired) electrons. The van der Waals surface area contributed by atoms with E-state index in [-0.39, 0.29) is 5.91 Å². The van der Waals surface area contributed by atoms with Gasteiger partial charge in [-0.25, -0.2) is 0 Å². The van der Waals surface area contributed by atoms with Crippen molar-refractivity contribution < 1.29 is 9.53 Å². The summed E-state index contributed by atoms with van der Waals surface area (Å²) in [5.74, 6) is 0.506. The van der Waals surface area contributed by atoms with Crippen LogP contribution >= 0.6 is 23.8 Å². The molecule has 0 saturated carbocycles. The van der Waals surface area contributed by atoms with E-state index >= 15 is 0 Å². The number of ether oxygens (including phenoxy) is 1. The van der Waals surface area contributed by atoms with E-state index in [9.17, 15) is 4.79 Å². The Morgan fingerprint density at radius 3 is 2.62 bits per heavy atom. The highest BCUT2D eigenvalue weighted by Crippen LogP contribution is 2.26. The van der Waals surface area contributed by atoms with E-state index < -0.39 is 0 Å². The van der Waals surface area contributed by atoms with Gasteiger partial charge in [0.1, 0.15) is 11.4 Å². The Labute approximate surface area is 150 Å². The predicted octanol–water partition coefficient (Wildman–Crippen LogP) is 4.00. The van der Waals surface area contributed by atoms with Gasteiger partial charge in [0.15, 0.2) is 5.11 Å². The number of rotatable bonds is 4. The lowest BCUT2D eigenvalue weighted by Crippen LogP contribution is -2.30. The van der Waals surface area contributed by atoms with E-state index in [1.807, 2.05) is 31.2 Å². The van der Waals surface area contributed by atoms with Crippen LogP contribution in [0, 0.1) is 0 Å². The summed E-state index contributed by atoms with van der Waals surface area (Å²) in [4.78, 5) is 14.2. The van der Waals surface area contributed by atoms with E-state index in [1.165, 1.54) is 4.90 Å². The summed E-state index contributed by atoms with van der Waals surface area (Å²) in [6, 6.07) is 14.5. The van der Waals surface area contributed by atoms with E-state index in [2.05, 4.69) is 5.32 Å². The average Bonchev–Trinajstić information content (AvgIpc) is 2.85. The second-order valence-electron chi connectivity index (χ2n) is 5.08. The first kappa shape index (κ1) is 16.5. The Kier molecular flexibility index (Phi) is 4.83. The molecule has 0 aliphatic carbocycles. The SMILES string of the molecule is CCOc1ccccc1C=C1NC(=S)N(c2ccc(Cl)cc2)C1=O. The van der Waals surface area contributed by atoms with Gasteiger partial charge in [0.25, 0.3) is 5.91 Å². The molecular formula is C18H15ClN2O2S. The van der Waals surface area contributed by atoms with Gasteiger partial charge in [-0.15, -0.1) is 0 Å². The number of hydrogen-bond acceptors (Lipinski definition) is 3. The predicted molar refractivity (Wildman–Crippen MR) is 100 cm³/mol. The number of halogens is 1. The largest absolute Gasteiger partial charge is 0.493 e. The first-order valence-electron chi connectivity index (χ1n) is 7.44. The molecule has 0 spiro atoms. The normalized spacial score (nSPS) is 15.8. The summed E-state index contributed by atoms with van der Waals surface area (Å²) in [6.07, 6.45) is 1.75. The van der Waals surface area contributed by atoms with Crippen molar-refractivity contribution in [3.05, 3.63) is 64.8 Å². The molecule has 6 heteroatoms. The quantitative estimate of drug-likeness (QED) is 0.662. The van der Waals surface area contributed by atoms with Crippen LogP contribution in [0.3, 0.4) is 0 Å². The van der Waals surface area contributed by atoms with Crippen molar-refractivity contribution in [1.29, 1.82) is 0 Å². The highest BCUT2D eigenvalue weighted by molar-refractivity contribution is 7.80. The van der Waals surface area contributed by atoms with Crippen molar-refractivity contribution in [3.63, 3.8) is 0 Å². The third kappa shape index (κ3) is 3.27. The van der Waals surface area contributed by atoms with Gasteiger partial charge in [-0.05, 0) is 55.5 Å². The summed E-state index contributed by atoms with van der Waals surface area (Å²) in [5, 5.41) is 3.90. The summed E-state index contributed by atoms with van der Waals surface area (Å²) in [7, 11) is 0. The molecule has 1 heterocycles. The Morgan fingerprint density at radius 1 is 1.21 bits per heavy atom. The maximum atomic E-state index is 12.7. The van der Waals surface area contributed by atoms with Crippen LogP contribution in [-0.4, -0.2) is 17.6 Å². The van der Waals surface area contributed by atoms with Crippen LogP contribution < -0.4 is 15.0 Å². The zero-order valence-electron chi connectivity index (χ0n) is 13.0. The van der Waals surface area contributed by atoms with Gasteiger partial charge >= 0.3 is 0 Å². The van der Waals surface area contributed by atoms with Crippen LogP contribution in [0.4, 0.5) is 5.69 Å². The standard InChI is InChI=1S/C18H15ClN2O2S/c1-2-23-16-6-4-3-5-12(16)11-15-17(22)21(18(24)20-15)14-9-7-13(19)8-10-14/h3-11H,2H2,1H3,(H,20,24). The van der Waals surface area contributed by atoms with E-state index in [1.54, 1.807) is 30.3 Å². The molecular weight excluding hydrogens is 344 g/mol. The number of amides is 1. The van der Waals surface area contributed by atoms with Crippen LogP contribution in [0.2, 0.25) is 5.02 Å². The van der Waals surface area contributed by atoms with Gasteiger partial charge in [0.2, 0.25) is 0 Å². The molecule has 4 nitrogen and oxygen atoms in total. The average molecular weight is 359 g/mol. The molecule has 1 amide bonds. The van der Waals surface area contributed by atoms with Crippen LogP contribution in [0.1, 0.15) is 12.5 Å². The molecule has 1 saturated heterocycles. The highest BCUT2D eigenvalue weighted by Gasteiger charge is 2.32. The van der Waals surface area contributed by atoms with Crippen molar-refractivity contribution in [3.8, 4) is 5.75 Å². The third-order valence-electron chi connectivity index (χ3n) is 3.48. The van der Waals surface area contributed by atoms with Gasteiger partial charge in [-0.3, -0.25) is 9.69 Å². The molecule has 24 heavy (non-hydrogen) atoms. The number of anilines is 1. The van der Waals surface area contributed by atoms with Crippen LogP contribution in [0.5, 0.6) is 5.75 Å². The number of carbonyl (C=O) groups excluding carboxylic acids is 1. The first-order valence-corrected chi connectivity index (χ1v) is 8.23. The van der Waals surface area contributed by atoms with E-state index in [4.69, 9.17) is 28.6 Å². The molecule has 0 aromatic heterocycles. The molecule has 0 unspecified atom stereocenters. The molecule has 0 bridgehead atoms. The topological polar surface area (TPSA) is 41.6 Å². The van der Waals surface area contributed by atoms with Gasteiger partial charge < -0.3 is 10.1 Å². The highest BCUT2D eigenvalue weighted by atomic mass is 35.5. The summed E-state index contributed by atoms with van der Waals surface area (Å²) in [6.45, 7) is 2.47. The van der Waals surface area contributed by atoms with E-state index in [0.29, 0.717) is 28.1 Å². The van der Waals surface area contributed by atoms with Crippen molar-refractivity contribution in [2.24, 2.45) is 0 Å². The van der Waals surface area contributed by atoms with Gasteiger partial charge in [0, 0.05) is 10.6 Å². The fraction of sp³-hybridized carbons (Fsp3) is 0.111. The lowest BCUT2D eigenvalue weighted by atomic mass is 10.1. The Morgan fingerprint density at radius 2 is 1.92 bits per heavy atom. The minimum Gasteiger partial charge on any atom is -0.493 e. The van der Waals surface area contributed by atoms with Crippen molar-refractivity contribution >= 4 is 46.6 Å². The van der Waals surface area contributed by atoms with Gasteiger partial charge in [0.05, 0.1) is 12.3 Å². The second kappa shape index (κ2) is 7.03. The first-order chi connectivity index (χ1) is 11.6. The second-order valence-corrected chi connectivity index (χ2v) is 5.90. The van der Waals surface area contributed by atoms with Crippen LogP contribution in [-0.2, 0) is 4.79 Å². The molecule has 0 atom stereocenters. The van der Waals surface area contributed by atoms with Crippen LogP contribution in [0.15, 0.2) is 54.2 Å². The number of carbonyl (C=O) groups is 1. The lowest BCUT2D eigenvalue weighted by molar-refractivity contribution is -0.113. The van der Waals surface area contributed by atoms with Crippen LogP contribution in [0.25, 0.3) is 6.08 Å². The van der Waals surface area contributed by atoms with Crippen molar-refractivity contribution in [1.82, 2.24) is 5.32 Å². The molecule has 1 aliphatic heterocycles. The maximum Gasteiger partial charge on any atom is 0.281 e. The fourth-order valence-electron chi connectivity index (χ4n) is 2.40. The zero-order chi connectivity index (χ0) is 17.1. The number of nitrogens with one attached hydrogen (secondary N) is 1. The van der Waals surface area contributed by atoms with Crippen molar-refractivity contribution in [2.45, 2.75) is 6.92 Å². The number of para-hydroxylation sites is 1. The van der Waals surface area contributed by atoms with Gasteiger partial charge in [-0.2, -0.15) is 0 Å². The minimum absolute atomic E-state index is 0.214. The Hall–Kier alpha value is -2.37. The smallest absolute Gasteiger partial charge is 0.281 e. The zero-order valence-corrected chi connectivity index (χ0v) is 14.5. The molecule has 1 fully saturated rings. The van der Waals surface area contributed by atoms with E-state index in [0.717, 1.165) is 11.3 Å². The maximum absolute atomic E-state index is 12.7. The summed E-state index contributed by atoms with van der Waals surface area (Å²) in [5.41, 5.74) is 1.89. The molecule has 122 valence electrons. The molecule has 1 aliphatic rings. The minimum atomic E-state index is -0.214. The molecule has 3 rings (SSSR count). The Bertz CT molecular complexity index is 818. The Balaban J connectivity index is 1.93. The molecule has 2 aromatic carbocycles. The monoisotopic (exact) mass is 358 g/mol. The number of nitrogens with zero attached hydrogens (tertiary/aromatic N) is 1. The van der Waals surface area contributed by atoms with Gasteiger partial charge in [-0.1, -0.05) is 29.8 Å². The summed E-state index contributed by atoms with van der Waals surface area (Å²) < 4.78 is 5.59. The number of benzene rings is 2. The lowest BCUT2D eigenvalue weighted by Gasteiger charge is -2.13. The third-order valence-corrected chi connectivity index (χ3v) is 4.02.